The molecule has 1 heterocycles. The number of halogens is 1. The molecule has 116 valence electrons. The third kappa shape index (κ3) is 3.53. The fraction of sp³-hybridized carbons (Fsp3) is 0.412. The van der Waals surface area contributed by atoms with Crippen LogP contribution in [0.2, 0.25) is 0 Å². The van der Waals surface area contributed by atoms with Crippen LogP contribution in [0, 0.1) is 12.7 Å². The molecule has 1 aromatic heterocycles. The summed E-state index contributed by atoms with van der Waals surface area (Å²) in [6, 6.07) is 6.64. The Bertz CT molecular complexity index is 660. The number of hydrogen-bond acceptors (Lipinski definition) is 3. The second-order valence-corrected chi connectivity index (χ2v) is 6.84. The van der Waals surface area contributed by atoms with Crippen LogP contribution in [0.1, 0.15) is 36.3 Å². The van der Waals surface area contributed by atoms with Gasteiger partial charge in [0, 0.05) is 16.5 Å². The Morgan fingerprint density at radius 2 is 2.00 bits per heavy atom. The van der Waals surface area contributed by atoms with Crippen molar-refractivity contribution in [2.24, 2.45) is 0 Å². The first-order valence-electron chi connectivity index (χ1n) is 7.63. The molecule has 3 rings (SSSR count). The van der Waals surface area contributed by atoms with Crippen LogP contribution in [0.3, 0.4) is 0 Å². The minimum Gasteiger partial charge on any atom is -0.353 e. The van der Waals surface area contributed by atoms with Gasteiger partial charge in [0.25, 0.3) is 0 Å². The molecule has 0 unspecified atom stereocenters. The summed E-state index contributed by atoms with van der Waals surface area (Å²) in [5.41, 5.74) is 1.77. The molecule has 1 aromatic carbocycles. The van der Waals surface area contributed by atoms with E-state index in [2.05, 4.69) is 10.3 Å². The first kappa shape index (κ1) is 15.2. The lowest BCUT2D eigenvalue weighted by Gasteiger charge is -2.11. The summed E-state index contributed by atoms with van der Waals surface area (Å²) in [4.78, 5) is 17.6. The highest BCUT2D eigenvalue weighted by molar-refractivity contribution is 7.15. The number of hydrogen-bond donors (Lipinski definition) is 1. The SMILES string of the molecule is Cc1nc(-c2ccc(F)cc2)sc1CC(=O)NC1CCCC1. The van der Waals surface area contributed by atoms with E-state index >= 15 is 0 Å². The molecule has 0 aliphatic heterocycles. The molecule has 0 saturated heterocycles. The maximum absolute atomic E-state index is 13.0. The molecule has 0 atom stereocenters. The lowest BCUT2D eigenvalue weighted by Crippen LogP contribution is -2.33. The van der Waals surface area contributed by atoms with Crippen LogP contribution in [-0.4, -0.2) is 16.9 Å². The van der Waals surface area contributed by atoms with Gasteiger partial charge in [0.1, 0.15) is 10.8 Å². The van der Waals surface area contributed by atoms with Crippen molar-refractivity contribution in [3.05, 3.63) is 40.7 Å². The molecule has 1 amide bonds. The van der Waals surface area contributed by atoms with Gasteiger partial charge < -0.3 is 5.32 Å². The Labute approximate surface area is 133 Å². The van der Waals surface area contributed by atoms with Gasteiger partial charge >= 0.3 is 0 Å². The standard InChI is InChI=1S/C17H19FN2OS/c1-11-15(10-16(21)20-14-4-2-3-5-14)22-17(19-11)12-6-8-13(18)9-7-12/h6-9,14H,2-5,10H2,1H3,(H,20,21). The van der Waals surface area contributed by atoms with E-state index in [0.29, 0.717) is 12.5 Å². The van der Waals surface area contributed by atoms with E-state index in [1.807, 2.05) is 6.92 Å². The summed E-state index contributed by atoms with van der Waals surface area (Å²) in [7, 11) is 0. The van der Waals surface area contributed by atoms with Crippen LogP contribution in [0.4, 0.5) is 4.39 Å². The number of carbonyl (C=O) groups is 1. The number of thiazole rings is 1. The second-order valence-electron chi connectivity index (χ2n) is 5.76. The number of nitrogens with one attached hydrogen (secondary N) is 1. The van der Waals surface area contributed by atoms with Crippen LogP contribution >= 0.6 is 11.3 Å². The van der Waals surface area contributed by atoms with Gasteiger partial charge in [0.15, 0.2) is 0 Å². The number of nitrogens with zero attached hydrogens (tertiary/aromatic N) is 1. The number of aryl methyl sites for hydroxylation is 1. The molecule has 1 aliphatic rings. The highest BCUT2D eigenvalue weighted by atomic mass is 32.1. The molecular formula is C17H19FN2OS. The van der Waals surface area contributed by atoms with Crippen LogP contribution in [0.15, 0.2) is 24.3 Å². The Morgan fingerprint density at radius 3 is 2.68 bits per heavy atom. The van der Waals surface area contributed by atoms with Crippen LogP contribution < -0.4 is 5.32 Å². The molecule has 3 nitrogen and oxygen atoms in total. The number of amides is 1. The van der Waals surface area contributed by atoms with Gasteiger partial charge in [-0.05, 0) is 44.0 Å². The minimum absolute atomic E-state index is 0.0734. The molecule has 1 aliphatic carbocycles. The van der Waals surface area contributed by atoms with Crippen molar-refractivity contribution in [3.8, 4) is 10.6 Å². The van der Waals surface area contributed by atoms with Crippen molar-refractivity contribution in [1.29, 1.82) is 0 Å². The zero-order valence-electron chi connectivity index (χ0n) is 12.6. The second kappa shape index (κ2) is 6.57. The van der Waals surface area contributed by atoms with Gasteiger partial charge in [0.05, 0.1) is 12.1 Å². The van der Waals surface area contributed by atoms with E-state index in [0.717, 1.165) is 34.0 Å². The summed E-state index contributed by atoms with van der Waals surface area (Å²) in [5, 5.41) is 3.94. The van der Waals surface area contributed by atoms with E-state index in [4.69, 9.17) is 0 Å². The molecule has 0 spiro atoms. The van der Waals surface area contributed by atoms with Crippen molar-refractivity contribution in [2.75, 3.05) is 0 Å². The molecule has 0 radical (unpaired) electrons. The Balaban J connectivity index is 1.69. The number of aromatic nitrogens is 1. The summed E-state index contributed by atoms with van der Waals surface area (Å²) in [5.74, 6) is -0.183. The van der Waals surface area contributed by atoms with Crippen molar-refractivity contribution in [3.63, 3.8) is 0 Å². The monoisotopic (exact) mass is 318 g/mol. The van der Waals surface area contributed by atoms with Crippen molar-refractivity contribution >= 4 is 17.2 Å². The predicted molar refractivity (Wildman–Crippen MR) is 86.3 cm³/mol. The maximum atomic E-state index is 13.0. The van der Waals surface area contributed by atoms with Gasteiger partial charge in [0.2, 0.25) is 5.91 Å². The summed E-state index contributed by atoms with van der Waals surface area (Å²) in [6.07, 6.45) is 4.97. The van der Waals surface area contributed by atoms with Crippen molar-refractivity contribution in [2.45, 2.75) is 45.1 Å². The van der Waals surface area contributed by atoms with E-state index in [1.54, 1.807) is 12.1 Å². The van der Waals surface area contributed by atoms with Crippen molar-refractivity contribution < 1.29 is 9.18 Å². The fourth-order valence-corrected chi connectivity index (χ4v) is 3.87. The third-order valence-electron chi connectivity index (χ3n) is 4.03. The zero-order valence-corrected chi connectivity index (χ0v) is 13.4. The number of benzene rings is 1. The van der Waals surface area contributed by atoms with E-state index in [1.165, 1.54) is 36.3 Å². The molecule has 22 heavy (non-hydrogen) atoms. The lowest BCUT2D eigenvalue weighted by molar-refractivity contribution is -0.121. The van der Waals surface area contributed by atoms with Gasteiger partial charge in [-0.15, -0.1) is 11.3 Å². The number of rotatable bonds is 4. The summed E-state index contributed by atoms with van der Waals surface area (Å²) < 4.78 is 13.0. The van der Waals surface area contributed by atoms with Gasteiger partial charge in [-0.25, -0.2) is 9.37 Å². The molecule has 0 bridgehead atoms. The Kier molecular flexibility index (Phi) is 4.52. The van der Waals surface area contributed by atoms with Gasteiger partial charge in [-0.3, -0.25) is 4.79 Å². The average molecular weight is 318 g/mol. The summed E-state index contributed by atoms with van der Waals surface area (Å²) >= 11 is 1.51. The first-order valence-corrected chi connectivity index (χ1v) is 8.45. The quantitative estimate of drug-likeness (QED) is 0.930. The smallest absolute Gasteiger partial charge is 0.225 e. The van der Waals surface area contributed by atoms with Crippen LogP contribution in [0.5, 0.6) is 0 Å². The highest BCUT2D eigenvalue weighted by Gasteiger charge is 2.19. The minimum atomic E-state index is -0.256. The Morgan fingerprint density at radius 1 is 1.32 bits per heavy atom. The van der Waals surface area contributed by atoms with Crippen LogP contribution in [0.25, 0.3) is 10.6 Å². The van der Waals surface area contributed by atoms with Crippen LogP contribution in [-0.2, 0) is 11.2 Å². The van der Waals surface area contributed by atoms with E-state index in [-0.39, 0.29) is 11.7 Å². The lowest BCUT2D eigenvalue weighted by atomic mass is 10.2. The van der Waals surface area contributed by atoms with E-state index < -0.39 is 0 Å². The van der Waals surface area contributed by atoms with Gasteiger partial charge in [-0.2, -0.15) is 0 Å². The zero-order chi connectivity index (χ0) is 15.5. The topological polar surface area (TPSA) is 42.0 Å². The Hall–Kier alpha value is -1.75. The first-order chi connectivity index (χ1) is 10.6. The maximum Gasteiger partial charge on any atom is 0.225 e. The molecular weight excluding hydrogens is 299 g/mol. The molecule has 1 fully saturated rings. The molecule has 1 saturated carbocycles. The molecule has 5 heteroatoms. The van der Waals surface area contributed by atoms with Gasteiger partial charge in [-0.1, -0.05) is 12.8 Å². The van der Waals surface area contributed by atoms with Crippen molar-refractivity contribution in [1.82, 2.24) is 10.3 Å². The number of carbonyl (C=O) groups excluding carboxylic acids is 1. The highest BCUT2D eigenvalue weighted by Crippen LogP contribution is 2.28. The average Bonchev–Trinajstić information content (AvgIpc) is 3.10. The largest absolute Gasteiger partial charge is 0.353 e. The third-order valence-corrected chi connectivity index (χ3v) is 5.23. The normalized spacial score (nSPS) is 15.2. The van der Waals surface area contributed by atoms with E-state index in [9.17, 15) is 9.18 Å². The molecule has 2 aromatic rings. The fourth-order valence-electron chi connectivity index (χ4n) is 2.80. The predicted octanol–water partition coefficient (Wildman–Crippen LogP) is 3.86. The molecule has 1 N–H and O–H groups in total. The summed E-state index contributed by atoms with van der Waals surface area (Å²) in [6.45, 7) is 1.92.